The van der Waals surface area contributed by atoms with E-state index in [0.717, 1.165) is 0 Å². The van der Waals surface area contributed by atoms with E-state index in [1.807, 2.05) is 5.38 Å². The maximum atomic E-state index is 13.4. The molecule has 4 aromatic rings. The molecule has 0 spiro atoms. The number of nitrogens with zero attached hydrogens (tertiary/aromatic N) is 4. The van der Waals surface area contributed by atoms with Gasteiger partial charge in [-0.1, -0.05) is 13.8 Å². The van der Waals surface area contributed by atoms with Gasteiger partial charge in [-0.05, 0) is 30.3 Å². The number of sulfonamides is 1. The van der Waals surface area contributed by atoms with Crippen LogP contribution in [0.25, 0.3) is 16.2 Å². The van der Waals surface area contributed by atoms with Gasteiger partial charge in [0.25, 0.3) is 5.91 Å². The van der Waals surface area contributed by atoms with E-state index in [0.29, 0.717) is 35.1 Å². The molecule has 0 aliphatic heterocycles. The van der Waals surface area contributed by atoms with E-state index in [1.165, 1.54) is 44.6 Å². The third kappa shape index (κ3) is 3.83. The lowest BCUT2D eigenvalue weighted by molar-refractivity contribution is 0.101. The van der Waals surface area contributed by atoms with Crippen LogP contribution in [-0.4, -0.2) is 45.7 Å². The van der Waals surface area contributed by atoms with Crippen LogP contribution in [0.2, 0.25) is 0 Å². The Hall–Kier alpha value is -3.02. The van der Waals surface area contributed by atoms with Gasteiger partial charge in [-0.15, -0.1) is 11.3 Å². The van der Waals surface area contributed by atoms with Gasteiger partial charge in [0.05, 0.1) is 0 Å². The summed E-state index contributed by atoms with van der Waals surface area (Å²) in [4.78, 5) is 18.4. The summed E-state index contributed by atoms with van der Waals surface area (Å²) < 4.78 is 43.6. The van der Waals surface area contributed by atoms with Crippen molar-refractivity contribution >= 4 is 38.0 Å². The normalized spacial score (nSPS) is 12.0. The molecule has 1 amide bonds. The number of hydrogen-bond donors (Lipinski definition) is 1. The predicted octanol–water partition coefficient (Wildman–Crippen LogP) is 3.82. The first-order valence-electron chi connectivity index (χ1n) is 9.95. The Kier molecular flexibility index (Phi) is 5.89. The molecule has 0 atom stereocenters. The second-order valence-electron chi connectivity index (χ2n) is 7.09. The SMILES string of the molecule is CCN(CC)S(=O)(=O)c1cc(C(=O)Nc2c(-c3ccc(F)cc3)nc3sccn23)n(C)c1. The van der Waals surface area contributed by atoms with Gasteiger partial charge in [0.2, 0.25) is 10.0 Å². The van der Waals surface area contributed by atoms with Crippen LogP contribution in [0.5, 0.6) is 0 Å². The summed E-state index contributed by atoms with van der Waals surface area (Å²) in [6.07, 6.45) is 3.21. The number of nitrogens with one attached hydrogen (secondary N) is 1. The molecule has 0 radical (unpaired) electrons. The van der Waals surface area contributed by atoms with Crippen molar-refractivity contribution in [3.63, 3.8) is 0 Å². The number of amides is 1. The van der Waals surface area contributed by atoms with Crippen molar-refractivity contribution in [3.05, 3.63) is 59.6 Å². The van der Waals surface area contributed by atoms with Crippen molar-refractivity contribution in [1.29, 1.82) is 0 Å². The molecule has 168 valence electrons. The molecule has 0 aliphatic rings. The van der Waals surface area contributed by atoms with E-state index < -0.39 is 15.9 Å². The number of halogens is 1. The summed E-state index contributed by atoms with van der Waals surface area (Å²) in [5.41, 5.74) is 1.33. The quantitative estimate of drug-likeness (QED) is 0.440. The average Bonchev–Trinajstić information content (AvgIpc) is 3.45. The Morgan fingerprint density at radius 3 is 2.56 bits per heavy atom. The van der Waals surface area contributed by atoms with Crippen LogP contribution in [0, 0.1) is 5.82 Å². The number of imidazole rings is 1. The number of carbonyl (C=O) groups is 1. The molecule has 32 heavy (non-hydrogen) atoms. The Morgan fingerprint density at radius 2 is 1.91 bits per heavy atom. The topological polar surface area (TPSA) is 88.7 Å². The predicted molar refractivity (Wildman–Crippen MR) is 122 cm³/mol. The second-order valence-corrected chi connectivity index (χ2v) is 9.90. The zero-order chi connectivity index (χ0) is 23.0. The zero-order valence-corrected chi connectivity index (χ0v) is 19.4. The van der Waals surface area contributed by atoms with Gasteiger partial charge >= 0.3 is 0 Å². The molecule has 0 saturated carbocycles. The summed E-state index contributed by atoms with van der Waals surface area (Å²) in [7, 11) is -2.08. The number of aryl methyl sites for hydroxylation is 1. The van der Waals surface area contributed by atoms with Crippen molar-refractivity contribution in [3.8, 4) is 11.3 Å². The third-order valence-electron chi connectivity index (χ3n) is 5.17. The first-order chi connectivity index (χ1) is 15.3. The van der Waals surface area contributed by atoms with E-state index in [9.17, 15) is 17.6 Å². The fourth-order valence-corrected chi connectivity index (χ4v) is 5.74. The van der Waals surface area contributed by atoms with Gasteiger partial charge in [-0.3, -0.25) is 9.20 Å². The van der Waals surface area contributed by atoms with Crippen molar-refractivity contribution in [2.45, 2.75) is 18.7 Å². The molecule has 0 fully saturated rings. The summed E-state index contributed by atoms with van der Waals surface area (Å²) in [6.45, 7) is 4.20. The molecule has 1 aromatic carbocycles. The summed E-state index contributed by atoms with van der Waals surface area (Å²) in [5.74, 6) is -0.428. The number of fused-ring (bicyclic) bond motifs is 1. The molecule has 3 heterocycles. The van der Waals surface area contributed by atoms with Crippen LogP contribution in [-0.2, 0) is 17.1 Å². The Labute approximate surface area is 189 Å². The van der Waals surface area contributed by atoms with Crippen LogP contribution >= 0.6 is 11.3 Å². The van der Waals surface area contributed by atoms with Crippen LogP contribution in [0.4, 0.5) is 10.2 Å². The van der Waals surface area contributed by atoms with Gasteiger partial charge in [-0.2, -0.15) is 4.31 Å². The highest BCUT2D eigenvalue weighted by molar-refractivity contribution is 7.89. The molecule has 0 unspecified atom stereocenters. The summed E-state index contributed by atoms with van der Waals surface area (Å²) in [6, 6.07) is 7.21. The van der Waals surface area contributed by atoms with Crippen LogP contribution in [0.1, 0.15) is 24.3 Å². The molecule has 0 bridgehead atoms. The maximum Gasteiger partial charge on any atom is 0.273 e. The number of thiazole rings is 1. The molecule has 11 heteroatoms. The molecule has 8 nitrogen and oxygen atoms in total. The standard InChI is InChI=1S/C21H22FN5O3S2/c1-4-26(5-2)32(29,30)16-12-17(25(3)13-16)20(28)24-19-18(14-6-8-15(22)9-7-14)23-21-27(19)10-11-31-21/h6-13H,4-5H2,1-3H3,(H,24,28). The minimum absolute atomic E-state index is 0.0570. The van der Waals surface area contributed by atoms with E-state index >= 15 is 0 Å². The molecular weight excluding hydrogens is 453 g/mol. The van der Waals surface area contributed by atoms with Crippen molar-refractivity contribution < 1.29 is 17.6 Å². The van der Waals surface area contributed by atoms with Crippen molar-refractivity contribution in [2.24, 2.45) is 7.05 Å². The third-order valence-corrected chi connectivity index (χ3v) is 7.94. The first-order valence-corrected chi connectivity index (χ1v) is 12.3. The molecule has 0 saturated heterocycles. The molecule has 4 rings (SSSR count). The number of anilines is 1. The van der Waals surface area contributed by atoms with Crippen LogP contribution in [0.15, 0.2) is 53.0 Å². The highest BCUT2D eigenvalue weighted by Crippen LogP contribution is 2.31. The zero-order valence-electron chi connectivity index (χ0n) is 17.7. The van der Waals surface area contributed by atoms with E-state index in [-0.39, 0.29) is 16.4 Å². The van der Waals surface area contributed by atoms with E-state index in [4.69, 9.17) is 0 Å². The number of carbonyl (C=O) groups excluding carboxylic acids is 1. The van der Waals surface area contributed by atoms with E-state index in [2.05, 4.69) is 10.3 Å². The van der Waals surface area contributed by atoms with Gasteiger partial charge < -0.3 is 9.88 Å². The average molecular weight is 476 g/mol. The molecule has 3 aromatic heterocycles. The minimum Gasteiger partial charge on any atom is -0.345 e. The number of rotatable bonds is 7. The van der Waals surface area contributed by atoms with E-state index in [1.54, 1.807) is 43.6 Å². The van der Waals surface area contributed by atoms with Gasteiger partial charge in [0.1, 0.15) is 27.9 Å². The Morgan fingerprint density at radius 1 is 1.22 bits per heavy atom. The monoisotopic (exact) mass is 475 g/mol. The highest BCUT2D eigenvalue weighted by atomic mass is 32.2. The lowest BCUT2D eigenvalue weighted by Gasteiger charge is -2.17. The largest absolute Gasteiger partial charge is 0.345 e. The number of hydrogen-bond acceptors (Lipinski definition) is 5. The van der Waals surface area contributed by atoms with Gasteiger partial charge in [-0.25, -0.2) is 17.8 Å². The second kappa shape index (κ2) is 8.49. The Bertz CT molecular complexity index is 1380. The minimum atomic E-state index is -3.70. The summed E-state index contributed by atoms with van der Waals surface area (Å²) >= 11 is 1.40. The molecule has 1 N–H and O–H groups in total. The lowest BCUT2D eigenvalue weighted by Crippen LogP contribution is -2.30. The maximum absolute atomic E-state index is 13.4. The lowest BCUT2D eigenvalue weighted by atomic mass is 10.1. The number of benzene rings is 1. The smallest absolute Gasteiger partial charge is 0.273 e. The fraction of sp³-hybridized carbons (Fsp3) is 0.238. The van der Waals surface area contributed by atoms with Crippen LogP contribution in [0.3, 0.4) is 0 Å². The Balaban J connectivity index is 1.71. The van der Waals surface area contributed by atoms with Crippen LogP contribution < -0.4 is 5.32 Å². The fourth-order valence-electron chi connectivity index (χ4n) is 3.50. The van der Waals surface area contributed by atoms with Crippen molar-refractivity contribution in [2.75, 3.05) is 18.4 Å². The first kappa shape index (κ1) is 22.2. The molecule has 0 aliphatic carbocycles. The highest BCUT2D eigenvalue weighted by Gasteiger charge is 2.26. The van der Waals surface area contributed by atoms with Crippen molar-refractivity contribution in [1.82, 2.24) is 18.3 Å². The molecular formula is C21H22FN5O3S2. The summed E-state index contributed by atoms with van der Waals surface area (Å²) in [5, 5.41) is 4.69. The van der Waals surface area contributed by atoms with Gasteiger partial charge in [0, 0.05) is 43.5 Å². The number of aromatic nitrogens is 3. The van der Waals surface area contributed by atoms with Gasteiger partial charge in [0.15, 0.2) is 4.96 Å².